The van der Waals surface area contributed by atoms with Gasteiger partial charge >= 0.3 is 0 Å². The molecule has 3 atom stereocenters. The molecule has 0 radical (unpaired) electrons. The molecule has 0 spiro atoms. The van der Waals surface area contributed by atoms with Crippen LogP contribution in [0.1, 0.15) is 39.5 Å². The van der Waals surface area contributed by atoms with E-state index < -0.39 is 0 Å². The minimum absolute atomic E-state index is 0.308. The molecule has 2 heteroatoms. The molecular formula is C10H20N2. The lowest BCUT2D eigenvalue weighted by Crippen LogP contribution is -2.36. The van der Waals surface area contributed by atoms with Crippen molar-refractivity contribution in [1.82, 2.24) is 0 Å². The zero-order valence-electron chi connectivity index (χ0n) is 8.14. The van der Waals surface area contributed by atoms with Gasteiger partial charge in [-0.25, -0.2) is 0 Å². The maximum atomic E-state index is 7.61. The Morgan fingerprint density at radius 2 is 2.33 bits per heavy atom. The summed E-state index contributed by atoms with van der Waals surface area (Å²) in [4.78, 5) is 0. The van der Waals surface area contributed by atoms with Crippen LogP contribution in [0.25, 0.3) is 0 Å². The summed E-state index contributed by atoms with van der Waals surface area (Å²) >= 11 is 0. The molecule has 0 aromatic heterocycles. The van der Waals surface area contributed by atoms with Crippen molar-refractivity contribution < 1.29 is 0 Å². The van der Waals surface area contributed by atoms with Crippen LogP contribution in [0.2, 0.25) is 0 Å². The fourth-order valence-electron chi connectivity index (χ4n) is 2.29. The third kappa shape index (κ3) is 2.07. The van der Waals surface area contributed by atoms with Gasteiger partial charge in [-0.2, -0.15) is 0 Å². The van der Waals surface area contributed by atoms with Crippen molar-refractivity contribution >= 4 is 5.71 Å². The number of hydrogen-bond acceptors (Lipinski definition) is 2. The van der Waals surface area contributed by atoms with Crippen LogP contribution in [0.5, 0.6) is 0 Å². The van der Waals surface area contributed by atoms with Crippen molar-refractivity contribution in [2.45, 2.75) is 45.6 Å². The van der Waals surface area contributed by atoms with E-state index in [1.54, 1.807) is 0 Å². The molecule has 0 amide bonds. The second kappa shape index (κ2) is 4.04. The van der Waals surface area contributed by atoms with Crippen LogP contribution in [0.3, 0.4) is 0 Å². The van der Waals surface area contributed by atoms with Gasteiger partial charge in [0.15, 0.2) is 0 Å². The van der Waals surface area contributed by atoms with Crippen LogP contribution in [-0.2, 0) is 0 Å². The maximum Gasteiger partial charge on any atom is 0.00921 e. The second-order valence-corrected chi connectivity index (χ2v) is 4.04. The van der Waals surface area contributed by atoms with E-state index in [4.69, 9.17) is 11.1 Å². The topological polar surface area (TPSA) is 49.9 Å². The first kappa shape index (κ1) is 9.72. The SMILES string of the molecule is CCC1CC(=N)CCC1C(C)N. The highest BCUT2D eigenvalue weighted by atomic mass is 14.6. The van der Waals surface area contributed by atoms with Crippen LogP contribution in [-0.4, -0.2) is 11.8 Å². The van der Waals surface area contributed by atoms with E-state index in [0.29, 0.717) is 17.9 Å². The average molecular weight is 168 g/mol. The number of nitrogens with one attached hydrogen (secondary N) is 1. The molecule has 1 aliphatic rings. The van der Waals surface area contributed by atoms with Gasteiger partial charge in [-0.3, -0.25) is 0 Å². The monoisotopic (exact) mass is 168 g/mol. The minimum atomic E-state index is 0.308. The molecule has 1 aliphatic carbocycles. The van der Waals surface area contributed by atoms with Crippen molar-refractivity contribution in [1.29, 1.82) is 5.41 Å². The Hall–Kier alpha value is -0.370. The summed E-state index contributed by atoms with van der Waals surface area (Å²) in [6.07, 6.45) is 4.27. The van der Waals surface area contributed by atoms with Gasteiger partial charge in [0.05, 0.1) is 0 Å². The molecular weight excluding hydrogens is 148 g/mol. The Morgan fingerprint density at radius 3 is 2.83 bits per heavy atom. The van der Waals surface area contributed by atoms with Crippen molar-refractivity contribution in [3.63, 3.8) is 0 Å². The number of hydrogen-bond donors (Lipinski definition) is 2. The summed E-state index contributed by atoms with van der Waals surface area (Å²) in [7, 11) is 0. The van der Waals surface area contributed by atoms with Gasteiger partial charge in [-0.15, -0.1) is 0 Å². The summed E-state index contributed by atoms with van der Waals surface area (Å²) in [6.45, 7) is 4.31. The largest absolute Gasteiger partial charge is 0.328 e. The molecule has 3 unspecified atom stereocenters. The maximum absolute atomic E-state index is 7.61. The van der Waals surface area contributed by atoms with Crippen molar-refractivity contribution in [2.24, 2.45) is 17.6 Å². The van der Waals surface area contributed by atoms with Gasteiger partial charge in [-0.05, 0) is 38.0 Å². The van der Waals surface area contributed by atoms with Crippen LogP contribution in [0.15, 0.2) is 0 Å². The lowest BCUT2D eigenvalue weighted by Gasteiger charge is -2.33. The van der Waals surface area contributed by atoms with E-state index in [-0.39, 0.29) is 0 Å². The van der Waals surface area contributed by atoms with Crippen LogP contribution in [0, 0.1) is 17.2 Å². The van der Waals surface area contributed by atoms with Gasteiger partial charge < -0.3 is 11.1 Å². The molecule has 2 nitrogen and oxygen atoms in total. The standard InChI is InChI=1S/C10H20N2/c1-3-8-6-9(12)4-5-10(8)7(2)11/h7-8,10,12H,3-6,11H2,1-2H3. The minimum Gasteiger partial charge on any atom is -0.328 e. The first-order valence-electron chi connectivity index (χ1n) is 4.97. The first-order valence-corrected chi connectivity index (χ1v) is 4.97. The van der Waals surface area contributed by atoms with E-state index >= 15 is 0 Å². The van der Waals surface area contributed by atoms with E-state index in [1.165, 1.54) is 6.42 Å². The summed E-state index contributed by atoms with van der Waals surface area (Å²) in [6, 6.07) is 0.308. The quantitative estimate of drug-likeness (QED) is 0.652. The van der Waals surface area contributed by atoms with E-state index in [0.717, 1.165) is 25.0 Å². The predicted molar refractivity (Wildman–Crippen MR) is 52.5 cm³/mol. The zero-order valence-corrected chi connectivity index (χ0v) is 8.14. The summed E-state index contributed by atoms with van der Waals surface area (Å²) in [5.41, 5.74) is 6.84. The van der Waals surface area contributed by atoms with Gasteiger partial charge in [0.25, 0.3) is 0 Å². The molecule has 0 heterocycles. The molecule has 1 saturated carbocycles. The average Bonchev–Trinajstić information content (AvgIpc) is 2.03. The normalized spacial score (nSPS) is 33.4. The predicted octanol–water partition coefficient (Wildman–Crippen LogP) is 2.18. The lowest BCUT2D eigenvalue weighted by molar-refractivity contribution is 0.257. The zero-order chi connectivity index (χ0) is 9.14. The highest BCUT2D eigenvalue weighted by Gasteiger charge is 2.28. The van der Waals surface area contributed by atoms with Crippen molar-refractivity contribution in [3.8, 4) is 0 Å². The lowest BCUT2D eigenvalue weighted by atomic mass is 9.74. The molecule has 0 aliphatic heterocycles. The highest BCUT2D eigenvalue weighted by molar-refractivity contribution is 5.82. The fourth-order valence-corrected chi connectivity index (χ4v) is 2.29. The Kier molecular flexibility index (Phi) is 3.27. The van der Waals surface area contributed by atoms with E-state index in [1.807, 2.05) is 0 Å². The van der Waals surface area contributed by atoms with Crippen LogP contribution < -0.4 is 5.73 Å². The number of nitrogens with two attached hydrogens (primary N) is 1. The summed E-state index contributed by atoms with van der Waals surface area (Å²) < 4.78 is 0. The molecule has 1 fully saturated rings. The molecule has 0 aromatic rings. The Morgan fingerprint density at radius 1 is 1.67 bits per heavy atom. The smallest absolute Gasteiger partial charge is 0.00921 e. The molecule has 0 saturated heterocycles. The molecule has 1 rings (SSSR count). The van der Waals surface area contributed by atoms with E-state index in [2.05, 4.69) is 13.8 Å². The summed E-state index contributed by atoms with van der Waals surface area (Å²) in [5, 5.41) is 7.61. The van der Waals surface area contributed by atoms with Gasteiger partial charge in [0.2, 0.25) is 0 Å². The summed E-state index contributed by atoms with van der Waals surface area (Å²) in [5.74, 6) is 1.33. The van der Waals surface area contributed by atoms with Crippen LogP contribution in [0.4, 0.5) is 0 Å². The third-order valence-electron chi connectivity index (χ3n) is 3.09. The Balaban J connectivity index is 2.56. The first-order chi connectivity index (χ1) is 5.65. The fraction of sp³-hybridized carbons (Fsp3) is 0.900. The molecule has 0 aromatic carbocycles. The number of rotatable bonds is 2. The van der Waals surface area contributed by atoms with Gasteiger partial charge in [0, 0.05) is 11.8 Å². The van der Waals surface area contributed by atoms with Gasteiger partial charge in [0.1, 0.15) is 0 Å². The molecule has 12 heavy (non-hydrogen) atoms. The molecule has 3 N–H and O–H groups in total. The molecule has 0 bridgehead atoms. The Labute approximate surface area is 75.0 Å². The van der Waals surface area contributed by atoms with E-state index in [9.17, 15) is 0 Å². The third-order valence-corrected chi connectivity index (χ3v) is 3.09. The Bertz CT molecular complexity index is 163. The van der Waals surface area contributed by atoms with Crippen LogP contribution >= 0.6 is 0 Å². The molecule has 70 valence electrons. The van der Waals surface area contributed by atoms with Gasteiger partial charge in [-0.1, -0.05) is 13.3 Å². The second-order valence-electron chi connectivity index (χ2n) is 4.04. The van der Waals surface area contributed by atoms with Crippen molar-refractivity contribution in [2.75, 3.05) is 0 Å². The van der Waals surface area contributed by atoms with Crippen molar-refractivity contribution in [3.05, 3.63) is 0 Å². The highest BCUT2D eigenvalue weighted by Crippen LogP contribution is 2.31.